The van der Waals surface area contributed by atoms with Crippen molar-refractivity contribution < 1.29 is 27.1 Å². The normalized spacial score (nSPS) is 17.7. The average molecular weight is 495 g/mol. The van der Waals surface area contributed by atoms with Crippen molar-refractivity contribution in [2.24, 2.45) is 11.8 Å². The molecule has 0 aliphatic heterocycles. The van der Waals surface area contributed by atoms with Crippen LogP contribution in [-0.2, 0) is 0 Å². The number of benzene rings is 3. The van der Waals surface area contributed by atoms with Gasteiger partial charge in [-0.05, 0) is 93.2 Å². The number of fused-ring (bicyclic) bond motifs is 1. The number of carbonyl (C=O) groups excluding carboxylic acids is 1. The van der Waals surface area contributed by atoms with Gasteiger partial charge in [-0.2, -0.15) is 0 Å². The van der Waals surface area contributed by atoms with Gasteiger partial charge in [0.25, 0.3) is 0 Å². The molecule has 0 saturated heterocycles. The summed E-state index contributed by atoms with van der Waals surface area (Å²) in [6.45, 7) is 2.02. The van der Waals surface area contributed by atoms with Crippen molar-refractivity contribution in [3.8, 4) is 17.6 Å². The summed E-state index contributed by atoms with van der Waals surface area (Å²) in [5, 5.41) is 0.273. The van der Waals surface area contributed by atoms with Crippen LogP contribution in [0.1, 0.15) is 61.4 Å². The van der Waals surface area contributed by atoms with Crippen LogP contribution in [0.2, 0.25) is 0 Å². The molecule has 36 heavy (non-hydrogen) atoms. The van der Waals surface area contributed by atoms with E-state index in [1.165, 1.54) is 30.7 Å². The van der Waals surface area contributed by atoms with Gasteiger partial charge in [-0.25, -0.2) is 22.4 Å². The predicted molar refractivity (Wildman–Crippen MR) is 132 cm³/mol. The maximum atomic E-state index is 14.7. The molecule has 0 spiro atoms. The molecule has 6 heteroatoms. The quantitative estimate of drug-likeness (QED) is 0.118. The third-order valence-corrected chi connectivity index (χ3v) is 6.58. The molecule has 0 amide bonds. The monoisotopic (exact) mass is 494 g/mol. The van der Waals surface area contributed by atoms with E-state index >= 15 is 0 Å². The van der Waals surface area contributed by atoms with Crippen LogP contribution in [0.4, 0.5) is 17.6 Å². The van der Waals surface area contributed by atoms with E-state index in [0.29, 0.717) is 5.92 Å². The minimum absolute atomic E-state index is 0.00257. The first kappa shape index (κ1) is 25.5. The minimum atomic E-state index is -1.23. The van der Waals surface area contributed by atoms with Crippen LogP contribution >= 0.6 is 0 Å². The number of hydrogen-bond donors (Lipinski definition) is 0. The molecule has 0 radical (unpaired) electrons. The van der Waals surface area contributed by atoms with Crippen molar-refractivity contribution in [2.75, 3.05) is 0 Å². The number of rotatable bonds is 5. The molecule has 1 fully saturated rings. The topological polar surface area (TPSA) is 26.3 Å². The number of esters is 1. The molecular formula is C30H26F4O2. The minimum Gasteiger partial charge on any atom is -0.423 e. The first-order valence-electron chi connectivity index (χ1n) is 12.1. The van der Waals surface area contributed by atoms with E-state index in [4.69, 9.17) is 4.74 Å². The van der Waals surface area contributed by atoms with Gasteiger partial charge in [-0.15, -0.1) is 0 Å². The van der Waals surface area contributed by atoms with Gasteiger partial charge < -0.3 is 4.74 Å². The number of halogens is 4. The molecule has 186 valence electrons. The zero-order valence-electron chi connectivity index (χ0n) is 19.9. The smallest absolute Gasteiger partial charge is 0.349 e. The average Bonchev–Trinajstić information content (AvgIpc) is 2.85. The van der Waals surface area contributed by atoms with E-state index in [9.17, 15) is 22.4 Å². The SMILES string of the molecule is C/C=C/CCC1CCC(C#Cc2cc(F)c(C(=O)Oc3ccc4c(F)c(F)ccc4c3)c(F)c2)CC1. The second-order valence-electron chi connectivity index (χ2n) is 9.08. The van der Waals surface area contributed by atoms with Crippen molar-refractivity contribution in [3.05, 3.63) is 89.0 Å². The summed E-state index contributed by atoms with van der Waals surface area (Å²) in [4.78, 5) is 12.5. The summed E-state index contributed by atoms with van der Waals surface area (Å²) in [5.74, 6) is 1.37. The number of carbonyl (C=O) groups is 1. The van der Waals surface area contributed by atoms with Crippen LogP contribution in [0.25, 0.3) is 10.8 Å². The van der Waals surface area contributed by atoms with Gasteiger partial charge in [0, 0.05) is 16.9 Å². The van der Waals surface area contributed by atoms with Gasteiger partial charge >= 0.3 is 5.97 Å². The van der Waals surface area contributed by atoms with Crippen LogP contribution in [0.5, 0.6) is 5.75 Å². The fourth-order valence-electron chi connectivity index (χ4n) is 4.58. The van der Waals surface area contributed by atoms with E-state index in [0.717, 1.165) is 50.3 Å². The standard InChI is InChI=1S/C30H26F4O2/c1-2-3-4-5-19-6-8-20(9-7-19)10-11-21-16-26(32)28(27(33)17-21)30(35)36-23-13-14-24-22(18-23)12-15-25(31)29(24)34/h2-3,12-20H,4-9H2,1H3/b3-2+. The Morgan fingerprint density at radius 1 is 0.972 bits per heavy atom. The van der Waals surface area contributed by atoms with E-state index < -0.39 is 34.8 Å². The molecule has 3 aromatic rings. The first-order valence-corrected chi connectivity index (χ1v) is 12.1. The highest BCUT2D eigenvalue weighted by atomic mass is 19.2. The molecule has 1 aliphatic carbocycles. The Balaban J connectivity index is 1.42. The molecule has 0 unspecified atom stereocenters. The van der Waals surface area contributed by atoms with Crippen LogP contribution in [-0.4, -0.2) is 5.97 Å². The van der Waals surface area contributed by atoms with Crippen molar-refractivity contribution in [2.45, 2.75) is 45.4 Å². The van der Waals surface area contributed by atoms with E-state index in [2.05, 4.69) is 24.0 Å². The summed E-state index contributed by atoms with van der Waals surface area (Å²) in [5.41, 5.74) is -0.687. The van der Waals surface area contributed by atoms with Gasteiger partial charge in [0.1, 0.15) is 22.9 Å². The van der Waals surface area contributed by atoms with Crippen LogP contribution in [0, 0.1) is 46.9 Å². The van der Waals surface area contributed by atoms with Crippen molar-refractivity contribution >= 4 is 16.7 Å². The first-order chi connectivity index (χ1) is 17.4. The largest absolute Gasteiger partial charge is 0.423 e. The van der Waals surface area contributed by atoms with Crippen molar-refractivity contribution in [1.29, 1.82) is 0 Å². The number of hydrogen-bond acceptors (Lipinski definition) is 2. The molecule has 0 aromatic heterocycles. The molecule has 4 rings (SSSR count). The molecule has 0 heterocycles. The van der Waals surface area contributed by atoms with Gasteiger partial charge in [0.15, 0.2) is 11.6 Å². The molecule has 0 bridgehead atoms. The maximum absolute atomic E-state index is 14.7. The van der Waals surface area contributed by atoms with Crippen LogP contribution in [0.3, 0.4) is 0 Å². The van der Waals surface area contributed by atoms with Crippen LogP contribution in [0.15, 0.2) is 54.6 Å². The molecule has 0 atom stereocenters. The van der Waals surface area contributed by atoms with Gasteiger partial charge in [0.05, 0.1) is 0 Å². The van der Waals surface area contributed by atoms with Gasteiger partial charge in [0.2, 0.25) is 0 Å². The van der Waals surface area contributed by atoms with E-state index in [-0.39, 0.29) is 28.0 Å². The van der Waals surface area contributed by atoms with Gasteiger partial charge in [-0.3, -0.25) is 0 Å². The molecular weight excluding hydrogens is 468 g/mol. The fraction of sp³-hybridized carbons (Fsp3) is 0.300. The lowest BCUT2D eigenvalue weighted by Gasteiger charge is -2.25. The second kappa shape index (κ2) is 11.4. The third-order valence-electron chi connectivity index (χ3n) is 6.58. The zero-order valence-corrected chi connectivity index (χ0v) is 19.9. The summed E-state index contributed by atoms with van der Waals surface area (Å²) < 4.78 is 61.7. The Labute approximate surface area is 208 Å². The Kier molecular flexibility index (Phi) is 8.10. The predicted octanol–water partition coefficient (Wildman–Crippen LogP) is 8.13. The summed E-state index contributed by atoms with van der Waals surface area (Å²) in [6, 6.07) is 8.06. The lowest BCUT2D eigenvalue weighted by Crippen LogP contribution is -2.14. The van der Waals surface area contributed by atoms with Gasteiger partial charge in [-0.1, -0.05) is 30.1 Å². The number of allylic oxidation sites excluding steroid dienone is 2. The Hall–Kier alpha value is -3.59. The summed E-state index contributed by atoms with van der Waals surface area (Å²) in [7, 11) is 0. The Morgan fingerprint density at radius 2 is 1.69 bits per heavy atom. The molecule has 0 N–H and O–H groups in total. The molecule has 2 nitrogen and oxygen atoms in total. The highest BCUT2D eigenvalue weighted by Crippen LogP contribution is 2.31. The number of ether oxygens (including phenoxy) is 1. The van der Waals surface area contributed by atoms with E-state index in [1.807, 2.05) is 6.92 Å². The lowest BCUT2D eigenvalue weighted by molar-refractivity contribution is 0.0725. The highest BCUT2D eigenvalue weighted by molar-refractivity contribution is 5.93. The highest BCUT2D eigenvalue weighted by Gasteiger charge is 2.22. The second-order valence-corrected chi connectivity index (χ2v) is 9.08. The summed E-state index contributed by atoms with van der Waals surface area (Å²) in [6.07, 6.45) is 10.6. The van der Waals surface area contributed by atoms with Crippen molar-refractivity contribution in [1.82, 2.24) is 0 Å². The Bertz CT molecular complexity index is 1340. The molecule has 1 saturated carbocycles. The molecule has 1 aliphatic rings. The third kappa shape index (κ3) is 5.96. The van der Waals surface area contributed by atoms with Crippen molar-refractivity contribution in [3.63, 3.8) is 0 Å². The lowest BCUT2D eigenvalue weighted by atomic mass is 9.80. The van der Waals surface area contributed by atoms with E-state index in [1.54, 1.807) is 0 Å². The summed E-state index contributed by atoms with van der Waals surface area (Å²) >= 11 is 0. The molecule has 3 aromatic carbocycles. The Morgan fingerprint density at radius 3 is 2.39 bits per heavy atom. The fourth-order valence-corrected chi connectivity index (χ4v) is 4.58. The zero-order chi connectivity index (χ0) is 25.7. The van der Waals surface area contributed by atoms with Crippen LogP contribution < -0.4 is 4.74 Å². The maximum Gasteiger partial charge on any atom is 0.349 e.